The van der Waals surface area contributed by atoms with Crippen molar-refractivity contribution in [2.75, 3.05) is 13.2 Å². The predicted molar refractivity (Wildman–Crippen MR) is 83.6 cm³/mol. The number of ether oxygens (including phenoxy) is 1. The molecule has 0 spiro atoms. The van der Waals surface area contributed by atoms with Crippen LogP contribution in [0.2, 0.25) is 0 Å². The van der Waals surface area contributed by atoms with Crippen molar-refractivity contribution in [3.05, 3.63) is 29.8 Å². The van der Waals surface area contributed by atoms with Gasteiger partial charge >= 0.3 is 0 Å². The number of carbonyl (C=O) groups excluding carboxylic acids is 1. The highest BCUT2D eigenvalue weighted by atomic mass is 35.5. The number of rotatable bonds is 7. The molecule has 0 aromatic heterocycles. The SMILES string of the molecule is CCC(C)(C)c1ccc(OCCNC(=O)C(C)Cl)cc1. The predicted octanol–water partition coefficient (Wildman–Crippen LogP) is 3.50. The van der Waals surface area contributed by atoms with Crippen LogP contribution in [0.1, 0.15) is 39.7 Å². The average molecular weight is 298 g/mol. The van der Waals surface area contributed by atoms with Crippen LogP contribution in [-0.2, 0) is 10.2 Å². The van der Waals surface area contributed by atoms with Crippen LogP contribution in [0.3, 0.4) is 0 Å². The fourth-order valence-corrected chi connectivity index (χ4v) is 1.77. The van der Waals surface area contributed by atoms with Gasteiger partial charge in [-0.15, -0.1) is 11.6 Å². The summed E-state index contributed by atoms with van der Waals surface area (Å²) < 4.78 is 5.58. The first kappa shape index (κ1) is 16.8. The number of halogens is 1. The molecule has 1 unspecified atom stereocenters. The zero-order valence-electron chi connectivity index (χ0n) is 12.7. The molecule has 1 amide bonds. The van der Waals surface area contributed by atoms with Crippen molar-refractivity contribution in [2.45, 2.75) is 44.9 Å². The topological polar surface area (TPSA) is 38.3 Å². The van der Waals surface area contributed by atoms with Gasteiger partial charge in [-0.05, 0) is 36.5 Å². The first-order valence-corrected chi connectivity index (χ1v) is 7.45. The minimum atomic E-state index is -0.509. The van der Waals surface area contributed by atoms with Crippen LogP contribution < -0.4 is 10.1 Å². The lowest BCUT2D eigenvalue weighted by molar-refractivity contribution is -0.120. The fourth-order valence-electron chi connectivity index (χ4n) is 1.69. The second-order valence-corrected chi connectivity index (χ2v) is 6.17. The van der Waals surface area contributed by atoms with Crippen LogP contribution in [0.5, 0.6) is 5.75 Å². The number of nitrogens with one attached hydrogen (secondary N) is 1. The number of benzene rings is 1. The molecule has 1 atom stereocenters. The molecule has 20 heavy (non-hydrogen) atoms. The first-order valence-electron chi connectivity index (χ1n) is 7.02. The average Bonchev–Trinajstić information content (AvgIpc) is 2.43. The van der Waals surface area contributed by atoms with E-state index in [1.165, 1.54) is 5.56 Å². The van der Waals surface area contributed by atoms with E-state index in [4.69, 9.17) is 16.3 Å². The molecule has 0 aliphatic heterocycles. The molecule has 0 saturated heterocycles. The van der Waals surface area contributed by atoms with Gasteiger partial charge in [0.15, 0.2) is 0 Å². The Kier molecular flexibility index (Phi) is 6.34. The summed E-state index contributed by atoms with van der Waals surface area (Å²) in [5.41, 5.74) is 1.49. The van der Waals surface area contributed by atoms with Gasteiger partial charge in [-0.25, -0.2) is 0 Å². The molecule has 0 fully saturated rings. The Morgan fingerprint density at radius 3 is 2.45 bits per heavy atom. The van der Waals surface area contributed by atoms with E-state index in [2.05, 4.69) is 38.2 Å². The van der Waals surface area contributed by atoms with Gasteiger partial charge in [-0.3, -0.25) is 4.79 Å². The molecular formula is C16H24ClNO2. The molecule has 0 heterocycles. The molecule has 1 rings (SSSR count). The molecule has 3 nitrogen and oxygen atoms in total. The minimum absolute atomic E-state index is 0.171. The molecular weight excluding hydrogens is 274 g/mol. The van der Waals surface area contributed by atoms with E-state index in [9.17, 15) is 4.79 Å². The largest absolute Gasteiger partial charge is 0.492 e. The Bertz CT molecular complexity index is 427. The van der Waals surface area contributed by atoms with Crippen molar-refractivity contribution in [1.82, 2.24) is 5.32 Å². The van der Waals surface area contributed by atoms with Gasteiger partial charge in [-0.2, -0.15) is 0 Å². The van der Waals surface area contributed by atoms with E-state index in [1.54, 1.807) is 6.92 Å². The number of hydrogen-bond acceptors (Lipinski definition) is 2. The first-order chi connectivity index (χ1) is 9.36. The van der Waals surface area contributed by atoms with Crippen LogP contribution in [0.15, 0.2) is 24.3 Å². The van der Waals surface area contributed by atoms with Gasteiger partial charge in [0.1, 0.15) is 17.7 Å². The van der Waals surface area contributed by atoms with Crippen molar-refractivity contribution < 1.29 is 9.53 Å². The summed E-state index contributed by atoms with van der Waals surface area (Å²) in [6.07, 6.45) is 1.09. The number of amides is 1. The number of carbonyl (C=O) groups is 1. The fraction of sp³-hybridized carbons (Fsp3) is 0.562. The minimum Gasteiger partial charge on any atom is -0.492 e. The molecule has 1 N–H and O–H groups in total. The highest BCUT2D eigenvalue weighted by Gasteiger charge is 2.17. The summed E-state index contributed by atoms with van der Waals surface area (Å²) in [6.45, 7) is 9.18. The van der Waals surface area contributed by atoms with Crippen molar-refractivity contribution in [3.63, 3.8) is 0 Å². The van der Waals surface area contributed by atoms with Gasteiger partial charge in [-0.1, -0.05) is 32.9 Å². The zero-order valence-corrected chi connectivity index (χ0v) is 13.5. The molecule has 0 aliphatic carbocycles. The van der Waals surface area contributed by atoms with Gasteiger partial charge < -0.3 is 10.1 Å². The normalized spacial score (nSPS) is 12.8. The molecule has 112 valence electrons. The Hall–Kier alpha value is -1.22. The quantitative estimate of drug-likeness (QED) is 0.618. The van der Waals surface area contributed by atoms with Crippen molar-refractivity contribution in [3.8, 4) is 5.75 Å². The summed E-state index contributed by atoms with van der Waals surface area (Å²) in [5, 5.41) is 2.19. The van der Waals surface area contributed by atoms with E-state index in [-0.39, 0.29) is 11.3 Å². The van der Waals surface area contributed by atoms with Crippen LogP contribution in [0.4, 0.5) is 0 Å². The summed E-state index contributed by atoms with van der Waals surface area (Å²) in [4.78, 5) is 11.2. The Labute approximate surface area is 126 Å². The molecule has 0 bridgehead atoms. The van der Waals surface area contributed by atoms with Gasteiger partial charge in [0.25, 0.3) is 0 Å². The molecule has 0 saturated carbocycles. The molecule has 0 radical (unpaired) electrons. The zero-order chi connectivity index (χ0) is 15.2. The maximum absolute atomic E-state index is 11.2. The summed E-state index contributed by atoms with van der Waals surface area (Å²) in [7, 11) is 0. The Morgan fingerprint density at radius 1 is 1.35 bits per heavy atom. The van der Waals surface area contributed by atoms with E-state index in [1.807, 2.05) is 12.1 Å². The van der Waals surface area contributed by atoms with Crippen LogP contribution in [0.25, 0.3) is 0 Å². The highest BCUT2D eigenvalue weighted by Crippen LogP contribution is 2.27. The Balaban J connectivity index is 2.41. The number of alkyl halides is 1. The van der Waals surface area contributed by atoms with E-state index in [0.29, 0.717) is 13.2 Å². The lowest BCUT2D eigenvalue weighted by atomic mass is 9.82. The van der Waals surface area contributed by atoms with E-state index in [0.717, 1.165) is 12.2 Å². The second-order valence-electron chi connectivity index (χ2n) is 5.52. The maximum atomic E-state index is 11.2. The third-order valence-corrected chi connectivity index (χ3v) is 3.75. The lowest BCUT2D eigenvalue weighted by Gasteiger charge is -2.23. The maximum Gasteiger partial charge on any atom is 0.237 e. The van der Waals surface area contributed by atoms with E-state index >= 15 is 0 Å². The van der Waals surface area contributed by atoms with Crippen molar-refractivity contribution in [1.29, 1.82) is 0 Å². The van der Waals surface area contributed by atoms with Crippen LogP contribution in [0, 0.1) is 0 Å². The van der Waals surface area contributed by atoms with Gasteiger partial charge in [0.2, 0.25) is 5.91 Å². The number of hydrogen-bond donors (Lipinski definition) is 1. The second kappa shape index (κ2) is 7.53. The monoisotopic (exact) mass is 297 g/mol. The third kappa shape index (κ3) is 5.04. The standard InChI is InChI=1S/C16H24ClNO2/c1-5-16(3,4)13-6-8-14(9-7-13)20-11-10-18-15(19)12(2)17/h6-9,12H,5,10-11H2,1-4H3,(H,18,19). The van der Waals surface area contributed by atoms with E-state index < -0.39 is 5.38 Å². The molecule has 4 heteroatoms. The van der Waals surface area contributed by atoms with Gasteiger partial charge in [0.05, 0.1) is 6.54 Å². The molecule has 1 aromatic carbocycles. The Morgan fingerprint density at radius 2 is 1.95 bits per heavy atom. The van der Waals surface area contributed by atoms with Crippen LogP contribution in [-0.4, -0.2) is 24.4 Å². The van der Waals surface area contributed by atoms with Crippen molar-refractivity contribution >= 4 is 17.5 Å². The lowest BCUT2D eigenvalue weighted by Crippen LogP contribution is -2.32. The summed E-state index contributed by atoms with van der Waals surface area (Å²) in [6, 6.07) is 8.13. The van der Waals surface area contributed by atoms with Gasteiger partial charge in [0, 0.05) is 0 Å². The summed E-state index contributed by atoms with van der Waals surface area (Å²) >= 11 is 5.65. The smallest absolute Gasteiger partial charge is 0.237 e. The summed E-state index contributed by atoms with van der Waals surface area (Å²) in [5.74, 6) is 0.643. The third-order valence-electron chi connectivity index (χ3n) is 3.55. The highest BCUT2D eigenvalue weighted by molar-refractivity contribution is 6.30. The van der Waals surface area contributed by atoms with Crippen molar-refractivity contribution in [2.24, 2.45) is 0 Å². The molecule has 1 aromatic rings. The molecule has 0 aliphatic rings. The van der Waals surface area contributed by atoms with Crippen LogP contribution >= 0.6 is 11.6 Å².